The number of amides is 9. The van der Waals surface area contributed by atoms with Crippen LogP contribution in [-0.4, -0.2) is 156 Å². The van der Waals surface area contributed by atoms with Gasteiger partial charge in [0, 0.05) is 51.9 Å². The molecule has 0 bridgehead atoms. The number of carbonyl (C=O) groups excluding carboxylic acids is 9. The van der Waals surface area contributed by atoms with E-state index in [1.807, 2.05) is 13.8 Å². The molecule has 26 heteroatoms. The first-order chi connectivity index (χ1) is 36.6. The molecule has 0 aliphatic carbocycles. The first kappa shape index (κ1) is 63.3. The quantitative estimate of drug-likeness (QED) is 0.0337. The molecule has 1 heterocycles. The van der Waals surface area contributed by atoms with Gasteiger partial charge >= 0.3 is 0 Å². The van der Waals surface area contributed by atoms with Crippen molar-refractivity contribution in [3.05, 3.63) is 65.7 Å². The van der Waals surface area contributed by atoms with Gasteiger partial charge in [0.2, 0.25) is 53.2 Å². The van der Waals surface area contributed by atoms with E-state index < -0.39 is 96.7 Å². The number of aliphatic hydroxyl groups excluding tert-OH is 1. The minimum absolute atomic E-state index is 0.00699. The van der Waals surface area contributed by atoms with E-state index in [9.17, 15) is 53.4 Å². The lowest BCUT2D eigenvalue weighted by Crippen LogP contribution is -2.60. The van der Waals surface area contributed by atoms with Crippen molar-refractivity contribution in [1.29, 1.82) is 0 Å². The summed E-state index contributed by atoms with van der Waals surface area (Å²) in [6.07, 6.45) is 1.53. The van der Waals surface area contributed by atoms with Crippen LogP contribution >= 0.6 is 0 Å². The average Bonchev–Trinajstić information content (AvgIpc) is 3.37. The van der Waals surface area contributed by atoms with Crippen molar-refractivity contribution < 1.29 is 53.4 Å². The van der Waals surface area contributed by atoms with Crippen LogP contribution < -0.4 is 65.9 Å². The number of aromatic hydroxyl groups is 1. The van der Waals surface area contributed by atoms with Crippen LogP contribution in [0.4, 0.5) is 0 Å². The lowest BCUT2D eigenvalue weighted by atomic mass is 10.0. The highest BCUT2D eigenvalue weighted by atomic mass is 16.3. The van der Waals surface area contributed by atoms with Gasteiger partial charge in [0.1, 0.15) is 42.0 Å². The molecule has 1 saturated heterocycles. The summed E-state index contributed by atoms with van der Waals surface area (Å²) in [6.45, 7) is 2.23. The molecule has 9 amide bonds. The van der Waals surface area contributed by atoms with Crippen LogP contribution in [0.25, 0.3) is 0 Å². The number of rotatable bonds is 21. The molecule has 2 aromatic carbocycles. The standard InChI is InChI=1S/C51H79N15O11/c1-31(2)26-37(44(52)72)62-45(73)36(15-11-24-59-51(55)56)61-43(71)29-66-25-9-8-22-57-41(69)16-6-7-17-42(70)60-35(14-10-23-58-50(53)54)46(74)63-39(28-33-18-20-34(68)21-19-33)47(75)64-38(27-32-12-4-3-5-13-32)48(76)65-40(30-67)49(66)77/h3-5,12-13,18-21,31,35-40,67-68H,6-11,14-17,22-30H2,1-2H3,(H2,52,72)(H,57,69)(H,60,70)(H,61,71)(H,62,73)(H,63,74)(H,64,75)(H,65,76)(H4,53,54,58)(H4,55,56,59)/t35-,36-,37-,38-,39-,40-/m0/s1. The van der Waals surface area contributed by atoms with Crippen molar-refractivity contribution >= 4 is 65.1 Å². The topological polar surface area (TPSA) is 436 Å². The maximum Gasteiger partial charge on any atom is 0.248 e. The van der Waals surface area contributed by atoms with Crippen molar-refractivity contribution in [2.45, 2.75) is 134 Å². The molecule has 0 aromatic heterocycles. The molecule has 1 fully saturated rings. The number of aliphatic imine (C=N–C) groups is 2. The molecular weight excluding hydrogens is 999 g/mol. The minimum Gasteiger partial charge on any atom is -0.508 e. The Bertz CT molecular complexity index is 2330. The van der Waals surface area contributed by atoms with Crippen LogP contribution in [0.5, 0.6) is 5.75 Å². The summed E-state index contributed by atoms with van der Waals surface area (Å²) in [5.74, 6) is -7.08. The van der Waals surface area contributed by atoms with E-state index in [1.165, 1.54) is 24.3 Å². The van der Waals surface area contributed by atoms with Crippen LogP contribution in [0, 0.1) is 5.92 Å². The van der Waals surface area contributed by atoms with E-state index >= 15 is 0 Å². The molecule has 424 valence electrons. The fourth-order valence-corrected chi connectivity index (χ4v) is 8.16. The predicted octanol–water partition coefficient (Wildman–Crippen LogP) is -2.98. The number of guanidine groups is 2. The van der Waals surface area contributed by atoms with Crippen molar-refractivity contribution in [2.24, 2.45) is 44.6 Å². The Hall–Kier alpha value is -8.03. The molecular formula is C51H79N15O11. The summed E-state index contributed by atoms with van der Waals surface area (Å²) in [7, 11) is 0. The third-order valence-electron chi connectivity index (χ3n) is 12.2. The number of phenolic OH excluding ortho intramolecular Hbond substituents is 1. The SMILES string of the molecule is CC(C)C[C@H](NC(=O)[C@H](CCCN=C(N)N)NC(=O)CN1CCCCNC(=O)CCCCC(=O)N[C@@H](CCCN=C(N)N)C(=O)N[C@@H](Cc2ccc(O)cc2)C(=O)N[C@@H](Cc2ccccc2)C(=O)N[C@@H](CO)C1=O)C(N)=O. The minimum atomic E-state index is -1.70. The first-order valence-corrected chi connectivity index (χ1v) is 25.8. The third kappa shape index (κ3) is 24.9. The summed E-state index contributed by atoms with van der Waals surface area (Å²) in [4.78, 5) is 133. The van der Waals surface area contributed by atoms with Gasteiger partial charge in [0.25, 0.3) is 0 Å². The number of aliphatic hydroxyl groups is 1. The smallest absolute Gasteiger partial charge is 0.248 e. The lowest BCUT2D eigenvalue weighted by molar-refractivity contribution is -0.141. The molecule has 3 rings (SSSR count). The van der Waals surface area contributed by atoms with Crippen molar-refractivity contribution in [3.63, 3.8) is 0 Å². The van der Waals surface area contributed by atoms with E-state index in [0.717, 1.165) is 4.90 Å². The molecule has 0 unspecified atom stereocenters. The first-order valence-electron chi connectivity index (χ1n) is 25.8. The molecule has 2 aromatic rings. The Balaban J connectivity index is 2.05. The highest BCUT2D eigenvalue weighted by Crippen LogP contribution is 2.14. The second-order valence-corrected chi connectivity index (χ2v) is 19.2. The molecule has 0 spiro atoms. The van der Waals surface area contributed by atoms with Gasteiger partial charge < -0.3 is 81.0 Å². The maximum absolute atomic E-state index is 14.5. The zero-order chi connectivity index (χ0) is 56.9. The number of benzene rings is 2. The molecule has 6 atom stereocenters. The zero-order valence-corrected chi connectivity index (χ0v) is 44.0. The summed E-state index contributed by atoms with van der Waals surface area (Å²) < 4.78 is 0. The van der Waals surface area contributed by atoms with Crippen molar-refractivity contribution in [1.82, 2.24) is 42.1 Å². The Labute approximate surface area is 448 Å². The van der Waals surface area contributed by atoms with E-state index in [4.69, 9.17) is 28.7 Å². The second kappa shape index (κ2) is 33.8. The summed E-state index contributed by atoms with van der Waals surface area (Å²) >= 11 is 0. The van der Waals surface area contributed by atoms with Crippen LogP contribution in [0.3, 0.4) is 0 Å². The van der Waals surface area contributed by atoms with E-state index in [0.29, 0.717) is 24.0 Å². The second-order valence-electron chi connectivity index (χ2n) is 19.2. The highest BCUT2D eigenvalue weighted by molar-refractivity contribution is 5.97. The highest BCUT2D eigenvalue weighted by Gasteiger charge is 2.34. The number of primary amides is 1. The van der Waals surface area contributed by atoms with Gasteiger partial charge in [-0.3, -0.25) is 53.1 Å². The molecule has 1 aliphatic heterocycles. The number of nitrogens with one attached hydrogen (secondary N) is 7. The van der Waals surface area contributed by atoms with Gasteiger partial charge in [-0.1, -0.05) is 56.3 Å². The number of nitrogens with zero attached hydrogens (tertiary/aromatic N) is 3. The third-order valence-corrected chi connectivity index (χ3v) is 12.2. The number of phenols is 1. The van der Waals surface area contributed by atoms with Crippen LogP contribution in [0.15, 0.2) is 64.6 Å². The van der Waals surface area contributed by atoms with Crippen LogP contribution in [0.1, 0.15) is 95.6 Å². The summed E-state index contributed by atoms with van der Waals surface area (Å²) in [5, 5.41) is 39.4. The Kier molecular flexibility index (Phi) is 27.8. The Morgan fingerprint density at radius 3 is 1.81 bits per heavy atom. The predicted molar refractivity (Wildman–Crippen MR) is 286 cm³/mol. The van der Waals surface area contributed by atoms with Crippen LogP contribution in [-0.2, 0) is 56.0 Å². The summed E-state index contributed by atoms with van der Waals surface area (Å²) in [6, 6.07) is 6.31. The van der Waals surface area contributed by atoms with Crippen molar-refractivity contribution in [2.75, 3.05) is 39.3 Å². The fourth-order valence-electron chi connectivity index (χ4n) is 8.16. The van der Waals surface area contributed by atoms with E-state index in [-0.39, 0.29) is 126 Å². The molecule has 0 saturated carbocycles. The molecule has 26 nitrogen and oxygen atoms in total. The van der Waals surface area contributed by atoms with Gasteiger partial charge in [-0.05, 0) is 87.0 Å². The average molecular weight is 1080 g/mol. The van der Waals surface area contributed by atoms with E-state index in [1.54, 1.807) is 30.3 Å². The molecule has 19 N–H and O–H groups in total. The van der Waals surface area contributed by atoms with Crippen molar-refractivity contribution in [3.8, 4) is 5.75 Å². The van der Waals surface area contributed by atoms with Gasteiger partial charge in [-0.2, -0.15) is 0 Å². The lowest BCUT2D eigenvalue weighted by Gasteiger charge is -2.29. The number of nitrogens with two attached hydrogens (primary N) is 5. The molecule has 0 radical (unpaired) electrons. The molecule has 1 aliphatic rings. The fraction of sp³-hybridized carbons (Fsp3) is 0.549. The van der Waals surface area contributed by atoms with Gasteiger partial charge in [-0.25, -0.2) is 0 Å². The summed E-state index contributed by atoms with van der Waals surface area (Å²) in [5.41, 5.74) is 28.6. The zero-order valence-electron chi connectivity index (χ0n) is 44.0. The van der Waals surface area contributed by atoms with E-state index in [2.05, 4.69) is 47.2 Å². The Morgan fingerprint density at radius 1 is 0.675 bits per heavy atom. The number of hydrogen-bond donors (Lipinski definition) is 14. The number of hydrogen-bond acceptors (Lipinski definition) is 13. The Morgan fingerprint density at radius 2 is 1.23 bits per heavy atom. The largest absolute Gasteiger partial charge is 0.508 e. The monoisotopic (exact) mass is 1080 g/mol. The molecule has 77 heavy (non-hydrogen) atoms. The number of carbonyl (C=O) groups is 9. The van der Waals surface area contributed by atoms with Gasteiger partial charge in [0.15, 0.2) is 11.9 Å². The van der Waals surface area contributed by atoms with Crippen LogP contribution in [0.2, 0.25) is 0 Å². The van der Waals surface area contributed by atoms with Gasteiger partial charge in [-0.15, -0.1) is 0 Å². The van der Waals surface area contributed by atoms with Gasteiger partial charge in [0.05, 0.1) is 13.2 Å². The maximum atomic E-state index is 14.5. The normalized spacial score (nSPS) is 19.6.